The first-order valence-corrected chi connectivity index (χ1v) is 11.9. The van der Waals surface area contributed by atoms with Gasteiger partial charge < -0.3 is 5.11 Å². The summed E-state index contributed by atoms with van der Waals surface area (Å²) in [6, 6.07) is 0. The number of Topliss-reactive ketones (excluding diaryl/α,β-unsaturated/α-hetero) is 1. The summed E-state index contributed by atoms with van der Waals surface area (Å²) >= 11 is 0. The number of likely N-dealkylation sites (tertiary alicyclic amines) is 1. The van der Waals surface area contributed by atoms with E-state index in [0.29, 0.717) is 25.4 Å². The zero-order valence-electron chi connectivity index (χ0n) is 17.4. The number of rotatable bonds is 3. The molecule has 3 nitrogen and oxygen atoms in total. The summed E-state index contributed by atoms with van der Waals surface area (Å²) in [5, 5.41) is 9.52. The molecule has 152 valence electrons. The van der Waals surface area contributed by atoms with E-state index in [2.05, 4.69) is 18.7 Å². The summed E-state index contributed by atoms with van der Waals surface area (Å²) in [4.78, 5) is 15.3. The minimum Gasteiger partial charge on any atom is -0.390 e. The zero-order chi connectivity index (χ0) is 18.8. The van der Waals surface area contributed by atoms with Gasteiger partial charge in [-0.05, 0) is 92.3 Å². The first-order valence-electron chi connectivity index (χ1n) is 11.9. The number of aliphatic hydroxyl groups is 1. The molecular weight excluding hydrogens is 334 g/mol. The standard InChI is InChI=1S/C24H39NO2/c1-15-3-5-18-16(11-15)4-6-20-19(18)9-10-24(2)21(20)7-8-22(24)23(27)14-25-12-17(26)13-25/h15-22,26H,3-14H2,1-2H3/t15?,16-,18?,19?,20?,21?,22-,24?/m1/s1. The third-order valence-electron chi connectivity index (χ3n) is 9.92. The van der Waals surface area contributed by atoms with E-state index >= 15 is 0 Å². The average molecular weight is 374 g/mol. The van der Waals surface area contributed by atoms with E-state index in [4.69, 9.17) is 0 Å². The Hall–Kier alpha value is -0.410. The highest BCUT2D eigenvalue weighted by Gasteiger charge is 2.58. The van der Waals surface area contributed by atoms with Gasteiger partial charge in [-0.25, -0.2) is 0 Å². The molecule has 0 aromatic heterocycles. The Kier molecular flexibility index (Phi) is 4.71. The Morgan fingerprint density at radius 3 is 2.56 bits per heavy atom. The molecular formula is C24H39NO2. The van der Waals surface area contributed by atoms with Gasteiger partial charge >= 0.3 is 0 Å². The normalized spacial score (nSPS) is 50.4. The number of carbonyl (C=O) groups excluding carboxylic acids is 1. The fourth-order valence-corrected chi connectivity index (χ4v) is 8.62. The minimum absolute atomic E-state index is 0.200. The molecule has 5 rings (SSSR count). The van der Waals surface area contributed by atoms with Gasteiger partial charge in [-0.1, -0.05) is 20.3 Å². The highest BCUT2D eigenvalue weighted by Crippen LogP contribution is 2.64. The highest BCUT2D eigenvalue weighted by molar-refractivity contribution is 5.84. The maximum Gasteiger partial charge on any atom is 0.150 e. The Morgan fingerprint density at radius 2 is 1.78 bits per heavy atom. The van der Waals surface area contributed by atoms with E-state index in [9.17, 15) is 9.90 Å². The van der Waals surface area contributed by atoms with Crippen molar-refractivity contribution in [2.75, 3.05) is 19.6 Å². The number of ketones is 1. The van der Waals surface area contributed by atoms with Crippen LogP contribution in [0.1, 0.15) is 71.6 Å². The lowest BCUT2D eigenvalue weighted by molar-refractivity contribution is -0.134. The van der Waals surface area contributed by atoms with Crippen molar-refractivity contribution in [3.8, 4) is 0 Å². The van der Waals surface area contributed by atoms with Crippen LogP contribution in [0.25, 0.3) is 0 Å². The monoisotopic (exact) mass is 373 g/mol. The predicted octanol–water partition coefficient (Wildman–Crippen LogP) is 4.14. The number of fused-ring (bicyclic) bond motifs is 5. The van der Waals surface area contributed by atoms with E-state index in [1.165, 1.54) is 51.4 Å². The van der Waals surface area contributed by atoms with Gasteiger partial charge in [0.05, 0.1) is 12.6 Å². The molecule has 3 heteroatoms. The molecule has 1 saturated heterocycles. The van der Waals surface area contributed by atoms with E-state index in [-0.39, 0.29) is 17.4 Å². The van der Waals surface area contributed by atoms with Crippen LogP contribution in [0.3, 0.4) is 0 Å². The van der Waals surface area contributed by atoms with Crippen molar-refractivity contribution in [1.82, 2.24) is 4.90 Å². The second-order valence-corrected chi connectivity index (χ2v) is 11.3. The molecule has 4 saturated carbocycles. The van der Waals surface area contributed by atoms with Crippen molar-refractivity contribution >= 4 is 5.78 Å². The largest absolute Gasteiger partial charge is 0.390 e. The number of hydrogen-bond acceptors (Lipinski definition) is 3. The van der Waals surface area contributed by atoms with Gasteiger partial charge in [0.1, 0.15) is 5.78 Å². The molecule has 4 aliphatic carbocycles. The smallest absolute Gasteiger partial charge is 0.150 e. The zero-order valence-corrected chi connectivity index (χ0v) is 17.4. The molecule has 1 heterocycles. The lowest BCUT2D eigenvalue weighted by atomic mass is 9.49. The van der Waals surface area contributed by atoms with Gasteiger partial charge in [-0.3, -0.25) is 9.69 Å². The lowest BCUT2D eigenvalue weighted by Crippen LogP contribution is -2.54. The van der Waals surface area contributed by atoms with E-state index < -0.39 is 0 Å². The van der Waals surface area contributed by atoms with Crippen molar-refractivity contribution in [3.05, 3.63) is 0 Å². The van der Waals surface area contributed by atoms with Crippen LogP contribution in [0, 0.1) is 46.8 Å². The molecule has 27 heavy (non-hydrogen) atoms. The molecule has 5 fully saturated rings. The predicted molar refractivity (Wildman–Crippen MR) is 107 cm³/mol. The Morgan fingerprint density at radius 1 is 1.00 bits per heavy atom. The molecule has 0 bridgehead atoms. The molecule has 0 aromatic carbocycles. The molecule has 0 radical (unpaired) electrons. The van der Waals surface area contributed by atoms with Crippen LogP contribution in [0.2, 0.25) is 0 Å². The molecule has 8 atom stereocenters. The fraction of sp³-hybridized carbons (Fsp3) is 0.958. The van der Waals surface area contributed by atoms with Gasteiger partial charge in [0, 0.05) is 19.0 Å². The SMILES string of the molecule is CC1CCC2C3CCC4(C)C(CC[C@@H]4C(=O)CN4CC(O)C4)C3CC[C@@H]2C1. The van der Waals surface area contributed by atoms with Crippen LogP contribution in [0.15, 0.2) is 0 Å². The van der Waals surface area contributed by atoms with Crippen molar-refractivity contribution < 1.29 is 9.90 Å². The molecule has 0 amide bonds. The molecule has 6 unspecified atom stereocenters. The Labute approximate surface area is 165 Å². The molecule has 1 N–H and O–H groups in total. The van der Waals surface area contributed by atoms with Gasteiger partial charge in [-0.2, -0.15) is 0 Å². The van der Waals surface area contributed by atoms with E-state index in [1.807, 2.05) is 0 Å². The van der Waals surface area contributed by atoms with Crippen molar-refractivity contribution in [3.63, 3.8) is 0 Å². The number of hydrogen-bond donors (Lipinski definition) is 1. The highest BCUT2D eigenvalue weighted by atomic mass is 16.3. The maximum atomic E-state index is 13.1. The fourth-order valence-electron chi connectivity index (χ4n) is 8.62. The number of aliphatic hydroxyl groups excluding tert-OH is 1. The summed E-state index contributed by atoms with van der Waals surface area (Å²) in [5.41, 5.74) is 0.260. The second-order valence-electron chi connectivity index (χ2n) is 11.3. The number of nitrogens with zero attached hydrogens (tertiary/aromatic N) is 1. The van der Waals surface area contributed by atoms with Crippen molar-refractivity contribution in [1.29, 1.82) is 0 Å². The summed E-state index contributed by atoms with van der Waals surface area (Å²) in [7, 11) is 0. The first-order chi connectivity index (χ1) is 13.0. The van der Waals surface area contributed by atoms with E-state index in [1.54, 1.807) is 0 Å². The maximum absolute atomic E-state index is 13.1. The van der Waals surface area contributed by atoms with Gasteiger partial charge in [0.2, 0.25) is 0 Å². The summed E-state index contributed by atoms with van der Waals surface area (Å²) < 4.78 is 0. The molecule has 0 aromatic rings. The molecule has 1 aliphatic heterocycles. The average Bonchev–Trinajstić information content (AvgIpc) is 2.97. The Balaban J connectivity index is 1.29. The third kappa shape index (κ3) is 3.03. The van der Waals surface area contributed by atoms with Crippen LogP contribution in [-0.4, -0.2) is 41.5 Å². The van der Waals surface area contributed by atoms with Gasteiger partial charge in [-0.15, -0.1) is 0 Å². The number of β-amino-alcohol motifs (C(OH)–C–C–N with tert-alkyl or cyclic N) is 1. The molecule has 0 spiro atoms. The van der Waals surface area contributed by atoms with Gasteiger partial charge in [0.25, 0.3) is 0 Å². The minimum atomic E-state index is -0.200. The lowest BCUT2D eigenvalue weighted by Gasteiger charge is -2.56. The van der Waals surface area contributed by atoms with Crippen LogP contribution >= 0.6 is 0 Å². The topological polar surface area (TPSA) is 40.5 Å². The second kappa shape index (κ2) is 6.83. The number of carbonyl (C=O) groups is 1. The quantitative estimate of drug-likeness (QED) is 0.808. The van der Waals surface area contributed by atoms with Crippen LogP contribution in [0.5, 0.6) is 0 Å². The summed E-state index contributed by atoms with van der Waals surface area (Å²) in [6.07, 6.45) is 12.2. The summed E-state index contributed by atoms with van der Waals surface area (Å²) in [5.74, 6) is 6.39. The van der Waals surface area contributed by atoms with Gasteiger partial charge in [0.15, 0.2) is 0 Å². The van der Waals surface area contributed by atoms with Crippen molar-refractivity contribution in [2.24, 2.45) is 46.8 Å². The summed E-state index contributed by atoms with van der Waals surface area (Å²) in [6.45, 7) is 6.92. The Bertz CT molecular complexity index is 585. The van der Waals surface area contributed by atoms with Crippen LogP contribution < -0.4 is 0 Å². The first kappa shape index (κ1) is 18.6. The third-order valence-corrected chi connectivity index (χ3v) is 9.92. The van der Waals surface area contributed by atoms with Crippen LogP contribution in [0.4, 0.5) is 0 Å². The van der Waals surface area contributed by atoms with Crippen molar-refractivity contribution in [2.45, 2.75) is 77.7 Å². The van der Waals surface area contributed by atoms with E-state index in [0.717, 1.165) is 41.9 Å². The molecule has 5 aliphatic rings. The van der Waals surface area contributed by atoms with Crippen LogP contribution in [-0.2, 0) is 4.79 Å².